The molecule has 0 aromatic heterocycles. The molecule has 4 unspecified atom stereocenters. The maximum Gasteiger partial charge on any atom is 0.312 e. The van der Waals surface area contributed by atoms with E-state index in [0.29, 0.717) is 0 Å². The summed E-state index contributed by atoms with van der Waals surface area (Å²) in [6, 6.07) is 0. The van der Waals surface area contributed by atoms with Gasteiger partial charge in [-0.3, -0.25) is 19.2 Å². The lowest BCUT2D eigenvalue weighted by Crippen LogP contribution is -2.27. The molecule has 0 saturated carbocycles. The van der Waals surface area contributed by atoms with Crippen LogP contribution in [0.1, 0.15) is 27.7 Å². The normalized spacial score (nSPS) is 14.9. The molecule has 0 radical (unpaired) electrons. The highest BCUT2D eigenvalue weighted by Crippen LogP contribution is 2.05. The van der Waals surface area contributed by atoms with Crippen LogP contribution in [-0.4, -0.2) is 73.7 Å². The first kappa shape index (κ1) is 25.8. The second kappa shape index (κ2) is 13.9. The first-order chi connectivity index (χ1) is 13.1. The van der Waals surface area contributed by atoms with Crippen molar-refractivity contribution in [2.45, 2.75) is 27.7 Å². The Bertz CT molecular complexity index is 472. The van der Waals surface area contributed by atoms with Crippen LogP contribution in [0.25, 0.3) is 0 Å². The first-order valence-electron chi connectivity index (χ1n) is 9.02. The fourth-order valence-corrected chi connectivity index (χ4v) is 1.55. The molecule has 28 heavy (non-hydrogen) atoms. The van der Waals surface area contributed by atoms with E-state index in [-0.39, 0.29) is 39.6 Å². The molecule has 0 bridgehead atoms. The summed E-state index contributed by atoms with van der Waals surface area (Å²) in [5, 5.41) is 17.7. The van der Waals surface area contributed by atoms with Crippen molar-refractivity contribution in [3.63, 3.8) is 0 Å². The fraction of sp³-hybridized carbons (Fsp3) is 0.778. The van der Waals surface area contributed by atoms with Gasteiger partial charge < -0.3 is 29.2 Å². The molecule has 0 heterocycles. The lowest BCUT2D eigenvalue weighted by Gasteiger charge is -2.15. The van der Waals surface area contributed by atoms with Gasteiger partial charge in [0.25, 0.3) is 0 Å². The fourth-order valence-electron chi connectivity index (χ4n) is 1.55. The van der Waals surface area contributed by atoms with Crippen LogP contribution in [-0.2, 0) is 38.1 Å². The van der Waals surface area contributed by atoms with Crippen LogP contribution in [0.15, 0.2) is 0 Å². The van der Waals surface area contributed by atoms with Gasteiger partial charge in [0.05, 0.1) is 36.9 Å². The smallest absolute Gasteiger partial charge is 0.312 e. The molecule has 4 atom stereocenters. The van der Waals surface area contributed by atoms with Crippen LogP contribution in [0.3, 0.4) is 0 Å². The van der Waals surface area contributed by atoms with Gasteiger partial charge in [-0.15, -0.1) is 0 Å². The third kappa shape index (κ3) is 10.2. The Hall–Kier alpha value is -2.20. The highest BCUT2D eigenvalue weighted by molar-refractivity contribution is 5.75. The van der Waals surface area contributed by atoms with Crippen LogP contribution in [0, 0.1) is 23.7 Å². The van der Waals surface area contributed by atoms with Gasteiger partial charge in [0.15, 0.2) is 0 Å². The van der Waals surface area contributed by atoms with Crippen molar-refractivity contribution >= 4 is 23.9 Å². The molecule has 0 aliphatic heterocycles. The Morgan fingerprint density at radius 3 is 1.14 bits per heavy atom. The molecule has 0 rings (SSSR count). The number of hydrogen-bond donors (Lipinski definition) is 2. The molecule has 0 saturated heterocycles. The van der Waals surface area contributed by atoms with E-state index in [4.69, 9.17) is 29.2 Å². The zero-order valence-electron chi connectivity index (χ0n) is 16.7. The monoisotopic (exact) mass is 406 g/mol. The van der Waals surface area contributed by atoms with Crippen LogP contribution in [0.4, 0.5) is 0 Å². The maximum absolute atomic E-state index is 11.8. The Morgan fingerprint density at radius 1 is 0.571 bits per heavy atom. The SMILES string of the molecule is CC(CO)C(=O)OCC(C)C(=O)OCCOC(=O)C(C)COC(=O)C(C)CO. The highest BCUT2D eigenvalue weighted by atomic mass is 16.6. The van der Waals surface area contributed by atoms with Crippen molar-refractivity contribution < 1.29 is 48.3 Å². The van der Waals surface area contributed by atoms with Crippen molar-refractivity contribution in [2.75, 3.05) is 39.6 Å². The van der Waals surface area contributed by atoms with E-state index in [9.17, 15) is 19.2 Å². The molecule has 0 amide bonds. The third-order valence-corrected chi connectivity index (χ3v) is 3.68. The Balaban J connectivity index is 4.00. The molecular formula is C18H30O10. The Labute approximate surface area is 164 Å². The van der Waals surface area contributed by atoms with Crippen molar-refractivity contribution in [1.82, 2.24) is 0 Å². The molecular weight excluding hydrogens is 376 g/mol. The number of carbonyl (C=O) groups is 4. The van der Waals surface area contributed by atoms with Crippen molar-refractivity contribution in [3.8, 4) is 0 Å². The first-order valence-corrected chi connectivity index (χ1v) is 9.02. The van der Waals surface area contributed by atoms with E-state index in [0.717, 1.165) is 0 Å². The van der Waals surface area contributed by atoms with Crippen LogP contribution < -0.4 is 0 Å². The minimum absolute atomic E-state index is 0.177. The van der Waals surface area contributed by atoms with E-state index >= 15 is 0 Å². The van der Waals surface area contributed by atoms with Crippen molar-refractivity contribution in [3.05, 3.63) is 0 Å². The number of esters is 4. The summed E-state index contributed by atoms with van der Waals surface area (Å²) in [5.41, 5.74) is 0. The van der Waals surface area contributed by atoms with Gasteiger partial charge in [0.1, 0.15) is 26.4 Å². The van der Waals surface area contributed by atoms with Gasteiger partial charge in [0.2, 0.25) is 0 Å². The summed E-state index contributed by atoms with van der Waals surface area (Å²) >= 11 is 0. The summed E-state index contributed by atoms with van der Waals surface area (Å²) in [6.07, 6.45) is 0. The predicted molar refractivity (Wildman–Crippen MR) is 94.7 cm³/mol. The van der Waals surface area contributed by atoms with E-state index in [2.05, 4.69) is 0 Å². The topological polar surface area (TPSA) is 146 Å². The number of aliphatic hydroxyl groups excluding tert-OH is 2. The molecule has 0 aliphatic carbocycles. The van der Waals surface area contributed by atoms with E-state index in [1.165, 1.54) is 27.7 Å². The molecule has 0 aromatic rings. The summed E-state index contributed by atoms with van der Waals surface area (Å²) in [5.74, 6) is -5.24. The highest BCUT2D eigenvalue weighted by Gasteiger charge is 2.21. The lowest BCUT2D eigenvalue weighted by molar-refractivity contribution is -0.163. The average molecular weight is 406 g/mol. The summed E-state index contributed by atoms with van der Waals surface area (Å²) in [7, 11) is 0. The largest absolute Gasteiger partial charge is 0.465 e. The molecule has 162 valence electrons. The minimum Gasteiger partial charge on any atom is -0.465 e. The van der Waals surface area contributed by atoms with Crippen LogP contribution in [0.2, 0.25) is 0 Å². The molecule has 0 fully saturated rings. The number of ether oxygens (including phenoxy) is 4. The molecule has 0 aromatic carbocycles. The zero-order valence-corrected chi connectivity index (χ0v) is 16.7. The number of carbonyl (C=O) groups excluding carboxylic acids is 4. The maximum atomic E-state index is 11.8. The molecule has 0 aliphatic rings. The zero-order chi connectivity index (χ0) is 21.7. The van der Waals surface area contributed by atoms with Crippen LogP contribution >= 0.6 is 0 Å². The van der Waals surface area contributed by atoms with E-state index < -0.39 is 47.5 Å². The molecule has 2 N–H and O–H groups in total. The van der Waals surface area contributed by atoms with Gasteiger partial charge in [-0.1, -0.05) is 0 Å². The van der Waals surface area contributed by atoms with Gasteiger partial charge in [-0.05, 0) is 27.7 Å². The lowest BCUT2D eigenvalue weighted by atomic mass is 10.2. The average Bonchev–Trinajstić information content (AvgIpc) is 2.70. The molecule has 10 heteroatoms. The predicted octanol–water partition coefficient (Wildman–Crippen LogP) is -0.312. The quantitative estimate of drug-likeness (QED) is 0.237. The molecule has 0 spiro atoms. The number of rotatable bonds is 13. The second-order valence-corrected chi connectivity index (χ2v) is 6.56. The van der Waals surface area contributed by atoms with Gasteiger partial charge in [-0.2, -0.15) is 0 Å². The summed E-state index contributed by atoms with van der Waals surface area (Å²) in [4.78, 5) is 46.4. The number of aliphatic hydroxyl groups is 2. The van der Waals surface area contributed by atoms with E-state index in [1.807, 2.05) is 0 Å². The molecule has 10 nitrogen and oxygen atoms in total. The van der Waals surface area contributed by atoms with Gasteiger partial charge in [-0.25, -0.2) is 0 Å². The Kier molecular flexibility index (Phi) is 12.8. The third-order valence-electron chi connectivity index (χ3n) is 3.68. The number of hydrogen-bond acceptors (Lipinski definition) is 10. The van der Waals surface area contributed by atoms with Crippen molar-refractivity contribution in [2.24, 2.45) is 23.7 Å². The van der Waals surface area contributed by atoms with Gasteiger partial charge >= 0.3 is 23.9 Å². The summed E-state index contributed by atoms with van der Waals surface area (Å²) in [6.45, 7) is 4.59. The van der Waals surface area contributed by atoms with Gasteiger partial charge in [0, 0.05) is 0 Å². The minimum atomic E-state index is -0.711. The second-order valence-electron chi connectivity index (χ2n) is 6.56. The Morgan fingerprint density at radius 2 is 0.857 bits per heavy atom. The van der Waals surface area contributed by atoms with E-state index in [1.54, 1.807) is 0 Å². The standard InChI is InChI=1S/C18H30O10/c1-11(7-19)15(21)27-9-13(3)17(23)25-5-6-26-18(24)14(4)10-28-16(22)12(2)8-20/h11-14,19-20H,5-10H2,1-4H3. The van der Waals surface area contributed by atoms with Crippen LogP contribution in [0.5, 0.6) is 0 Å². The van der Waals surface area contributed by atoms with Crippen molar-refractivity contribution in [1.29, 1.82) is 0 Å². The summed E-state index contributed by atoms with van der Waals surface area (Å²) < 4.78 is 19.6.